The molecule has 138 valence electrons. The Morgan fingerprint density at radius 1 is 1.19 bits per heavy atom. The molecular weight excluding hydrogens is 355 g/mol. The van der Waals surface area contributed by atoms with Crippen molar-refractivity contribution in [3.63, 3.8) is 0 Å². The van der Waals surface area contributed by atoms with Gasteiger partial charge in [-0.05, 0) is 25.1 Å². The van der Waals surface area contributed by atoms with Gasteiger partial charge in [-0.3, -0.25) is 9.59 Å². The molecule has 0 aliphatic carbocycles. The molecule has 4 rings (SSSR count). The fourth-order valence-corrected chi connectivity index (χ4v) is 2.91. The van der Waals surface area contributed by atoms with E-state index in [9.17, 15) is 14.0 Å². The van der Waals surface area contributed by atoms with Crippen molar-refractivity contribution in [1.29, 1.82) is 0 Å². The zero-order chi connectivity index (χ0) is 19.0. The first-order valence-corrected chi connectivity index (χ1v) is 8.25. The second-order valence-electron chi connectivity index (χ2n) is 6.14. The summed E-state index contributed by atoms with van der Waals surface area (Å²) in [5.74, 6) is -0.194. The maximum absolute atomic E-state index is 13.4. The predicted molar refractivity (Wildman–Crippen MR) is 93.6 cm³/mol. The van der Waals surface area contributed by atoms with Gasteiger partial charge < -0.3 is 19.6 Å². The summed E-state index contributed by atoms with van der Waals surface area (Å²) >= 11 is 0. The molecule has 1 N–H and O–H groups in total. The van der Waals surface area contributed by atoms with Gasteiger partial charge in [-0.1, -0.05) is 17.3 Å². The van der Waals surface area contributed by atoms with Crippen molar-refractivity contribution in [2.45, 2.75) is 19.4 Å². The maximum Gasteiger partial charge on any atom is 0.268 e. The lowest BCUT2D eigenvalue weighted by Gasteiger charge is -2.13. The fraction of sp³-hybridized carbons (Fsp3) is 0.211. The molecule has 1 atom stereocenters. The average molecular weight is 370 g/mol. The summed E-state index contributed by atoms with van der Waals surface area (Å²) in [6, 6.07) is 8.98. The van der Waals surface area contributed by atoms with Crippen molar-refractivity contribution in [3.8, 4) is 11.5 Å². The molecule has 2 aliphatic heterocycles. The van der Waals surface area contributed by atoms with Gasteiger partial charge in [0.15, 0.2) is 17.3 Å². The quantitative estimate of drug-likeness (QED) is 0.837. The van der Waals surface area contributed by atoms with E-state index in [0.29, 0.717) is 34.0 Å². The number of carbonyl (C=O) groups is 2. The molecule has 1 amide bonds. The van der Waals surface area contributed by atoms with E-state index in [4.69, 9.17) is 14.3 Å². The molecule has 7 nitrogen and oxygen atoms in total. The van der Waals surface area contributed by atoms with Crippen LogP contribution in [-0.2, 0) is 9.63 Å². The Labute approximate surface area is 153 Å². The number of nitrogens with zero attached hydrogens (tertiary/aromatic N) is 1. The van der Waals surface area contributed by atoms with E-state index in [0.717, 1.165) is 0 Å². The van der Waals surface area contributed by atoms with Crippen molar-refractivity contribution >= 4 is 23.1 Å². The zero-order valence-corrected chi connectivity index (χ0v) is 14.3. The Morgan fingerprint density at radius 3 is 2.70 bits per heavy atom. The first-order chi connectivity index (χ1) is 13.0. The number of nitrogens with one attached hydrogen (secondary N) is 1. The highest BCUT2D eigenvalue weighted by Crippen LogP contribution is 2.37. The monoisotopic (exact) mass is 370 g/mol. The van der Waals surface area contributed by atoms with Crippen LogP contribution in [-0.4, -0.2) is 30.3 Å². The number of anilines is 1. The number of fused-ring (bicyclic) bond motifs is 1. The summed E-state index contributed by atoms with van der Waals surface area (Å²) in [5.41, 5.74) is 1.64. The minimum Gasteiger partial charge on any atom is -0.454 e. The normalized spacial score (nSPS) is 17.3. The van der Waals surface area contributed by atoms with Crippen LogP contribution in [0.2, 0.25) is 0 Å². The molecule has 0 unspecified atom stereocenters. The largest absolute Gasteiger partial charge is 0.454 e. The number of halogens is 1. The number of carbonyl (C=O) groups excluding carboxylic acids is 2. The molecule has 0 aromatic heterocycles. The van der Waals surface area contributed by atoms with Crippen molar-refractivity contribution in [1.82, 2.24) is 0 Å². The number of ether oxygens (including phenoxy) is 2. The maximum atomic E-state index is 13.4. The van der Waals surface area contributed by atoms with Gasteiger partial charge in [0.1, 0.15) is 5.82 Å². The van der Waals surface area contributed by atoms with Crippen molar-refractivity contribution in [2.24, 2.45) is 5.16 Å². The average Bonchev–Trinajstić information content (AvgIpc) is 3.30. The van der Waals surface area contributed by atoms with Crippen LogP contribution in [0.5, 0.6) is 11.5 Å². The third-order valence-electron chi connectivity index (χ3n) is 4.27. The van der Waals surface area contributed by atoms with Crippen LogP contribution in [0.4, 0.5) is 10.1 Å². The molecule has 0 spiro atoms. The fourth-order valence-electron chi connectivity index (χ4n) is 2.91. The first-order valence-electron chi connectivity index (χ1n) is 8.25. The molecule has 0 bridgehead atoms. The third-order valence-corrected chi connectivity index (χ3v) is 4.27. The minimum atomic E-state index is -0.881. The van der Waals surface area contributed by atoms with Gasteiger partial charge >= 0.3 is 0 Å². The molecule has 0 saturated heterocycles. The van der Waals surface area contributed by atoms with Crippen molar-refractivity contribution in [2.75, 3.05) is 12.1 Å². The van der Waals surface area contributed by atoms with Gasteiger partial charge in [-0.15, -0.1) is 0 Å². The lowest BCUT2D eigenvalue weighted by atomic mass is 10.0. The van der Waals surface area contributed by atoms with Gasteiger partial charge in [0, 0.05) is 23.6 Å². The lowest BCUT2D eigenvalue weighted by Crippen LogP contribution is -2.28. The van der Waals surface area contributed by atoms with Crippen LogP contribution < -0.4 is 14.8 Å². The Morgan fingerprint density at radius 2 is 1.96 bits per heavy atom. The highest BCUT2D eigenvalue weighted by Gasteiger charge is 2.30. The van der Waals surface area contributed by atoms with E-state index in [1.54, 1.807) is 18.2 Å². The van der Waals surface area contributed by atoms with Gasteiger partial charge in [-0.25, -0.2) is 4.39 Å². The highest BCUT2D eigenvalue weighted by atomic mass is 19.1. The SMILES string of the molecule is CC(=O)c1cc2c(cc1NC(=O)[C@@H]1CC(c3cccc(F)c3)=NO1)OCO2. The number of oxime groups is 1. The van der Waals surface area contributed by atoms with E-state index >= 15 is 0 Å². The van der Waals surface area contributed by atoms with E-state index in [2.05, 4.69) is 10.5 Å². The molecular formula is C19H15FN2O5. The molecule has 27 heavy (non-hydrogen) atoms. The van der Waals surface area contributed by atoms with Gasteiger partial charge in [-0.2, -0.15) is 0 Å². The molecule has 0 saturated carbocycles. The van der Waals surface area contributed by atoms with E-state index < -0.39 is 17.8 Å². The number of benzene rings is 2. The summed E-state index contributed by atoms with van der Waals surface area (Å²) in [6.45, 7) is 1.45. The molecule has 8 heteroatoms. The standard InChI is InChI=1S/C19H15FN2O5/c1-10(23)13-6-16-17(26-9-25-16)8-15(13)21-19(24)18-7-14(22-27-18)11-3-2-4-12(20)5-11/h2-6,8,18H,7,9H2,1H3,(H,21,24)/t18-/m0/s1. The molecule has 2 aliphatic rings. The van der Waals surface area contributed by atoms with Crippen LogP contribution in [0, 0.1) is 5.82 Å². The topological polar surface area (TPSA) is 86.2 Å². The van der Waals surface area contributed by atoms with Crippen LogP contribution in [0.25, 0.3) is 0 Å². The predicted octanol–water partition coefficient (Wildman–Crippen LogP) is 2.89. The number of hydrogen-bond acceptors (Lipinski definition) is 6. The second kappa shape index (κ2) is 6.71. The Balaban J connectivity index is 1.50. The Hall–Kier alpha value is -3.42. The van der Waals surface area contributed by atoms with Crippen molar-refractivity contribution in [3.05, 3.63) is 53.3 Å². The Bertz CT molecular complexity index is 973. The number of Topliss-reactive ketones (excluding diaryl/α,β-unsaturated/α-hetero) is 1. The lowest BCUT2D eigenvalue weighted by molar-refractivity contribution is -0.125. The van der Waals surface area contributed by atoms with Gasteiger partial charge in [0.25, 0.3) is 5.91 Å². The van der Waals surface area contributed by atoms with E-state index in [1.807, 2.05) is 0 Å². The summed E-state index contributed by atoms with van der Waals surface area (Å²) < 4.78 is 23.9. The Kier molecular flexibility index (Phi) is 4.23. The zero-order valence-electron chi connectivity index (χ0n) is 14.3. The van der Waals surface area contributed by atoms with E-state index in [-0.39, 0.29) is 19.0 Å². The van der Waals surface area contributed by atoms with E-state index in [1.165, 1.54) is 25.1 Å². The smallest absolute Gasteiger partial charge is 0.268 e. The molecule has 2 heterocycles. The van der Waals surface area contributed by atoms with Crippen LogP contribution in [0.1, 0.15) is 29.3 Å². The second-order valence-corrected chi connectivity index (χ2v) is 6.14. The molecule has 2 aromatic carbocycles. The van der Waals surface area contributed by atoms with Gasteiger partial charge in [0.05, 0.1) is 11.4 Å². The third kappa shape index (κ3) is 3.33. The van der Waals surface area contributed by atoms with Gasteiger partial charge in [0.2, 0.25) is 12.9 Å². The summed E-state index contributed by atoms with van der Waals surface area (Å²) in [5, 5.41) is 6.56. The molecule has 2 aromatic rings. The number of rotatable bonds is 4. The van der Waals surface area contributed by atoms with Crippen LogP contribution in [0.3, 0.4) is 0 Å². The summed E-state index contributed by atoms with van der Waals surface area (Å²) in [6.07, 6.45) is -0.691. The number of amides is 1. The minimum absolute atomic E-state index is 0.0562. The summed E-state index contributed by atoms with van der Waals surface area (Å²) in [4.78, 5) is 29.7. The van der Waals surface area contributed by atoms with Crippen LogP contribution in [0.15, 0.2) is 41.6 Å². The van der Waals surface area contributed by atoms with Crippen LogP contribution >= 0.6 is 0 Å². The summed E-state index contributed by atoms with van der Waals surface area (Å²) in [7, 11) is 0. The highest BCUT2D eigenvalue weighted by molar-refractivity contribution is 6.08. The number of hydrogen-bond donors (Lipinski definition) is 1. The van der Waals surface area contributed by atoms with Crippen molar-refractivity contribution < 1.29 is 28.3 Å². The molecule has 0 fully saturated rings. The number of ketones is 1. The molecule has 0 radical (unpaired) electrons. The first kappa shape index (κ1) is 17.0.